The summed E-state index contributed by atoms with van der Waals surface area (Å²) in [7, 11) is 0. The fraction of sp³-hybridized carbons (Fsp3) is 0.300. The van der Waals surface area contributed by atoms with Gasteiger partial charge in [0.25, 0.3) is 0 Å². The Morgan fingerprint density at radius 1 is 0.800 bits per heavy atom. The molecule has 2 amide bonds. The second-order valence-electron chi connectivity index (χ2n) is 6.45. The van der Waals surface area contributed by atoms with Gasteiger partial charge in [-0.25, -0.2) is 0 Å². The van der Waals surface area contributed by atoms with Crippen molar-refractivity contribution in [3.8, 4) is 0 Å². The topological polar surface area (TPSA) is 61.4 Å². The first-order chi connectivity index (χ1) is 12.0. The van der Waals surface area contributed by atoms with Crippen LogP contribution in [0, 0.1) is 13.8 Å². The van der Waals surface area contributed by atoms with E-state index in [2.05, 4.69) is 15.5 Å². The van der Waals surface area contributed by atoms with Crippen molar-refractivity contribution in [2.75, 3.05) is 28.6 Å². The highest BCUT2D eigenvalue weighted by Crippen LogP contribution is 2.22. The molecule has 0 spiro atoms. The number of anilines is 3. The third kappa shape index (κ3) is 4.18. The van der Waals surface area contributed by atoms with E-state index in [1.807, 2.05) is 50.2 Å². The number of carbonyl (C=O) groups is 2. The molecule has 0 aromatic heterocycles. The maximum Gasteiger partial charge on any atom is 0.314 e. The van der Waals surface area contributed by atoms with Crippen LogP contribution in [0.15, 0.2) is 42.5 Å². The third-order valence-corrected chi connectivity index (χ3v) is 4.57. The van der Waals surface area contributed by atoms with Gasteiger partial charge in [0.05, 0.1) is 0 Å². The summed E-state index contributed by atoms with van der Waals surface area (Å²) in [5.41, 5.74) is 4.59. The van der Waals surface area contributed by atoms with E-state index in [4.69, 9.17) is 0 Å². The average molecular weight is 337 g/mol. The molecule has 3 rings (SSSR count). The fourth-order valence-electron chi connectivity index (χ4n) is 2.93. The predicted molar refractivity (Wildman–Crippen MR) is 101 cm³/mol. The molecule has 0 atom stereocenters. The van der Waals surface area contributed by atoms with Crippen LogP contribution in [-0.2, 0) is 9.59 Å². The van der Waals surface area contributed by atoms with Crippen LogP contribution < -0.4 is 15.5 Å². The van der Waals surface area contributed by atoms with Crippen LogP contribution >= 0.6 is 0 Å². The van der Waals surface area contributed by atoms with E-state index in [-0.39, 0.29) is 0 Å². The first-order valence-electron chi connectivity index (χ1n) is 8.57. The van der Waals surface area contributed by atoms with Gasteiger partial charge in [-0.3, -0.25) is 9.59 Å². The second-order valence-corrected chi connectivity index (χ2v) is 6.45. The highest BCUT2D eigenvalue weighted by Gasteiger charge is 2.15. The SMILES string of the molecule is Cc1ccc(NC(=O)C(=O)Nc2ccc(N3CCCC3)cc2)cc1C. The van der Waals surface area contributed by atoms with Gasteiger partial charge >= 0.3 is 11.8 Å². The van der Waals surface area contributed by atoms with E-state index in [9.17, 15) is 9.59 Å². The van der Waals surface area contributed by atoms with Crippen molar-refractivity contribution < 1.29 is 9.59 Å². The van der Waals surface area contributed by atoms with Gasteiger partial charge in [0.15, 0.2) is 0 Å². The molecule has 1 heterocycles. The number of benzene rings is 2. The minimum absolute atomic E-state index is 0.614. The molecule has 1 fully saturated rings. The number of carbonyl (C=O) groups excluding carboxylic acids is 2. The molecular weight excluding hydrogens is 314 g/mol. The standard InChI is InChI=1S/C20H23N3O2/c1-14-5-6-17(13-15(14)2)22-20(25)19(24)21-16-7-9-18(10-8-16)23-11-3-4-12-23/h5-10,13H,3-4,11-12H2,1-2H3,(H,21,24)(H,22,25). The highest BCUT2D eigenvalue weighted by atomic mass is 16.2. The molecule has 2 N–H and O–H groups in total. The van der Waals surface area contributed by atoms with Crippen molar-refractivity contribution in [3.05, 3.63) is 53.6 Å². The maximum absolute atomic E-state index is 12.1. The summed E-state index contributed by atoms with van der Waals surface area (Å²) in [6.07, 6.45) is 2.44. The zero-order chi connectivity index (χ0) is 17.8. The minimum atomic E-state index is -0.674. The van der Waals surface area contributed by atoms with E-state index >= 15 is 0 Å². The molecule has 1 saturated heterocycles. The lowest BCUT2D eigenvalue weighted by molar-refractivity contribution is -0.132. The number of hydrogen-bond donors (Lipinski definition) is 2. The van der Waals surface area contributed by atoms with Crippen LogP contribution in [0.2, 0.25) is 0 Å². The van der Waals surface area contributed by atoms with E-state index in [0.29, 0.717) is 11.4 Å². The molecule has 0 bridgehead atoms. The molecule has 130 valence electrons. The average Bonchev–Trinajstić information content (AvgIpc) is 3.13. The predicted octanol–water partition coefficient (Wildman–Crippen LogP) is 3.48. The summed E-state index contributed by atoms with van der Waals surface area (Å²) in [5, 5.41) is 5.26. The lowest BCUT2D eigenvalue weighted by Crippen LogP contribution is -2.29. The lowest BCUT2D eigenvalue weighted by atomic mass is 10.1. The molecular formula is C20H23N3O2. The van der Waals surface area contributed by atoms with Gasteiger partial charge in [0, 0.05) is 30.2 Å². The zero-order valence-electron chi connectivity index (χ0n) is 14.6. The van der Waals surface area contributed by atoms with E-state index < -0.39 is 11.8 Å². The summed E-state index contributed by atoms with van der Waals surface area (Å²) >= 11 is 0. The first kappa shape index (κ1) is 17.0. The Hall–Kier alpha value is -2.82. The zero-order valence-corrected chi connectivity index (χ0v) is 14.6. The lowest BCUT2D eigenvalue weighted by Gasteiger charge is -2.17. The Bertz CT molecular complexity index is 778. The molecule has 1 aliphatic rings. The number of hydrogen-bond acceptors (Lipinski definition) is 3. The molecule has 2 aromatic rings. The molecule has 0 radical (unpaired) electrons. The fourth-order valence-corrected chi connectivity index (χ4v) is 2.93. The van der Waals surface area contributed by atoms with Crippen molar-refractivity contribution in [1.82, 2.24) is 0 Å². The monoisotopic (exact) mass is 337 g/mol. The summed E-state index contributed by atoms with van der Waals surface area (Å²) < 4.78 is 0. The number of nitrogens with one attached hydrogen (secondary N) is 2. The Morgan fingerprint density at radius 2 is 1.36 bits per heavy atom. The Balaban J connectivity index is 1.59. The molecule has 25 heavy (non-hydrogen) atoms. The highest BCUT2D eigenvalue weighted by molar-refractivity contribution is 6.43. The van der Waals surface area contributed by atoms with Crippen LogP contribution in [0.3, 0.4) is 0 Å². The normalized spacial score (nSPS) is 13.6. The molecule has 1 aliphatic heterocycles. The Labute approximate surface area is 148 Å². The van der Waals surface area contributed by atoms with E-state index in [0.717, 1.165) is 29.9 Å². The first-order valence-corrected chi connectivity index (χ1v) is 8.57. The number of aryl methyl sites for hydroxylation is 2. The van der Waals surface area contributed by atoms with Crippen LogP contribution in [-0.4, -0.2) is 24.9 Å². The number of amides is 2. The number of nitrogens with zero attached hydrogens (tertiary/aromatic N) is 1. The number of rotatable bonds is 3. The van der Waals surface area contributed by atoms with Crippen molar-refractivity contribution in [2.24, 2.45) is 0 Å². The van der Waals surface area contributed by atoms with Crippen LogP contribution in [0.1, 0.15) is 24.0 Å². The van der Waals surface area contributed by atoms with Crippen molar-refractivity contribution in [2.45, 2.75) is 26.7 Å². The van der Waals surface area contributed by atoms with Gasteiger partial charge in [-0.15, -0.1) is 0 Å². The van der Waals surface area contributed by atoms with E-state index in [1.165, 1.54) is 12.8 Å². The van der Waals surface area contributed by atoms with Crippen LogP contribution in [0.25, 0.3) is 0 Å². The van der Waals surface area contributed by atoms with Crippen LogP contribution in [0.5, 0.6) is 0 Å². The Kier molecular flexibility index (Phi) is 5.03. The minimum Gasteiger partial charge on any atom is -0.372 e. The summed E-state index contributed by atoms with van der Waals surface area (Å²) in [4.78, 5) is 26.5. The summed E-state index contributed by atoms with van der Waals surface area (Å²) in [6, 6.07) is 13.2. The van der Waals surface area contributed by atoms with Gasteiger partial charge in [-0.1, -0.05) is 6.07 Å². The maximum atomic E-state index is 12.1. The van der Waals surface area contributed by atoms with Gasteiger partial charge < -0.3 is 15.5 Å². The molecule has 2 aromatic carbocycles. The van der Waals surface area contributed by atoms with Gasteiger partial charge in [0.1, 0.15) is 0 Å². The largest absolute Gasteiger partial charge is 0.372 e. The molecule has 0 saturated carbocycles. The Morgan fingerprint density at radius 3 is 1.96 bits per heavy atom. The van der Waals surface area contributed by atoms with Gasteiger partial charge in [-0.2, -0.15) is 0 Å². The quantitative estimate of drug-likeness (QED) is 0.843. The molecule has 5 heteroatoms. The van der Waals surface area contributed by atoms with Crippen molar-refractivity contribution in [3.63, 3.8) is 0 Å². The molecule has 0 unspecified atom stereocenters. The van der Waals surface area contributed by atoms with E-state index in [1.54, 1.807) is 6.07 Å². The molecule has 5 nitrogen and oxygen atoms in total. The van der Waals surface area contributed by atoms with Gasteiger partial charge in [-0.05, 0) is 74.2 Å². The van der Waals surface area contributed by atoms with Gasteiger partial charge in [0.2, 0.25) is 0 Å². The third-order valence-electron chi connectivity index (χ3n) is 4.57. The second kappa shape index (κ2) is 7.38. The smallest absolute Gasteiger partial charge is 0.314 e. The van der Waals surface area contributed by atoms with Crippen molar-refractivity contribution >= 4 is 28.9 Å². The van der Waals surface area contributed by atoms with Crippen LogP contribution in [0.4, 0.5) is 17.1 Å². The summed E-state index contributed by atoms with van der Waals surface area (Å²) in [5.74, 6) is -1.35. The summed E-state index contributed by atoms with van der Waals surface area (Å²) in [6.45, 7) is 6.11. The molecule has 0 aliphatic carbocycles. The van der Waals surface area contributed by atoms with Crippen molar-refractivity contribution in [1.29, 1.82) is 0 Å².